The second kappa shape index (κ2) is 10.4. The minimum absolute atomic E-state index is 0.0596. The Morgan fingerprint density at radius 3 is 2.47 bits per heavy atom. The summed E-state index contributed by atoms with van der Waals surface area (Å²) in [4.78, 5) is 16.4. The molecule has 0 atom stereocenters. The maximum absolute atomic E-state index is 14.0. The van der Waals surface area contributed by atoms with Crippen LogP contribution in [0.15, 0.2) is 60.3 Å². The molecule has 0 radical (unpaired) electrons. The fraction of sp³-hybridized carbons (Fsp3) is 0.333. The number of benzene rings is 2. The number of nitrogens with one attached hydrogen (secondary N) is 1. The average Bonchev–Trinajstić information content (AvgIpc) is 2.78. The number of nitriles is 1. The van der Waals surface area contributed by atoms with Gasteiger partial charge in [0.1, 0.15) is 17.5 Å². The average molecular weight is 407 g/mol. The Bertz CT molecular complexity index is 925. The van der Waals surface area contributed by atoms with Crippen molar-refractivity contribution in [2.45, 2.75) is 26.2 Å². The highest BCUT2D eigenvalue weighted by atomic mass is 19.1. The second-order valence-electron chi connectivity index (χ2n) is 7.38. The third kappa shape index (κ3) is 5.60. The van der Waals surface area contributed by atoms with Gasteiger partial charge in [-0.2, -0.15) is 5.26 Å². The van der Waals surface area contributed by atoms with Crippen LogP contribution in [-0.4, -0.2) is 37.0 Å². The summed E-state index contributed by atoms with van der Waals surface area (Å²) in [6.45, 7) is 4.62. The van der Waals surface area contributed by atoms with Gasteiger partial charge in [0.15, 0.2) is 0 Å². The molecule has 0 saturated carbocycles. The van der Waals surface area contributed by atoms with Gasteiger partial charge in [0.25, 0.3) is 5.91 Å². The summed E-state index contributed by atoms with van der Waals surface area (Å²) in [5.74, 6) is -0.658. The molecular weight excluding hydrogens is 379 g/mol. The molecule has 0 aromatic heterocycles. The molecule has 6 heteroatoms. The lowest BCUT2D eigenvalue weighted by molar-refractivity contribution is -0.112. The number of halogens is 1. The van der Waals surface area contributed by atoms with E-state index >= 15 is 0 Å². The molecule has 156 valence electrons. The molecule has 0 bridgehead atoms. The number of unbranched alkanes of at least 4 members (excludes halogenated alkanes) is 1. The van der Waals surface area contributed by atoms with E-state index in [1.54, 1.807) is 18.3 Å². The molecule has 0 unspecified atom stereocenters. The van der Waals surface area contributed by atoms with Crippen LogP contribution in [0.4, 0.5) is 15.8 Å². The van der Waals surface area contributed by atoms with Crippen molar-refractivity contribution in [3.63, 3.8) is 0 Å². The third-order valence-electron chi connectivity index (χ3n) is 5.21. The quantitative estimate of drug-likeness (QED) is 0.549. The van der Waals surface area contributed by atoms with E-state index in [2.05, 4.69) is 12.2 Å². The van der Waals surface area contributed by atoms with E-state index in [0.717, 1.165) is 19.3 Å². The number of amides is 1. The number of carbonyl (C=O) groups is 1. The maximum Gasteiger partial charge on any atom is 0.267 e. The number of piperazine rings is 1. The van der Waals surface area contributed by atoms with E-state index in [4.69, 9.17) is 0 Å². The number of aryl methyl sites for hydroxylation is 1. The summed E-state index contributed by atoms with van der Waals surface area (Å²) in [6, 6.07) is 16.4. The normalized spacial score (nSPS) is 14.4. The molecule has 1 amide bonds. The van der Waals surface area contributed by atoms with Crippen molar-refractivity contribution in [1.82, 2.24) is 4.90 Å². The Morgan fingerprint density at radius 2 is 1.83 bits per heavy atom. The SMILES string of the molecule is CCCCc1ccc(NC(=O)/C(C#N)=C\N2CCN(c3ccccc3F)CC2)cc1. The van der Waals surface area contributed by atoms with Gasteiger partial charge in [-0.3, -0.25) is 4.79 Å². The first-order chi connectivity index (χ1) is 14.6. The number of carbonyl (C=O) groups excluding carboxylic acids is 1. The van der Waals surface area contributed by atoms with Crippen LogP contribution in [0.3, 0.4) is 0 Å². The van der Waals surface area contributed by atoms with Gasteiger partial charge in [0.2, 0.25) is 0 Å². The summed E-state index contributed by atoms with van der Waals surface area (Å²) >= 11 is 0. The Labute approximate surface area is 177 Å². The van der Waals surface area contributed by atoms with Gasteiger partial charge < -0.3 is 15.1 Å². The second-order valence-corrected chi connectivity index (χ2v) is 7.38. The molecule has 2 aromatic carbocycles. The van der Waals surface area contributed by atoms with Crippen LogP contribution in [0, 0.1) is 17.1 Å². The highest BCUT2D eigenvalue weighted by Gasteiger charge is 2.19. The number of hydrogen-bond donors (Lipinski definition) is 1. The highest BCUT2D eigenvalue weighted by Crippen LogP contribution is 2.20. The van der Waals surface area contributed by atoms with Gasteiger partial charge in [-0.1, -0.05) is 37.6 Å². The lowest BCUT2D eigenvalue weighted by Gasteiger charge is -2.35. The molecule has 2 aromatic rings. The number of hydrogen-bond acceptors (Lipinski definition) is 4. The first kappa shape index (κ1) is 21.4. The zero-order valence-corrected chi connectivity index (χ0v) is 17.3. The Kier molecular flexibility index (Phi) is 7.45. The van der Waals surface area contributed by atoms with E-state index in [1.807, 2.05) is 46.2 Å². The fourth-order valence-corrected chi connectivity index (χ4v) is 3.46. The lowest BCUT2D eigenvalue weighted by atomic mass is 10.1. The molecule has 1 fully saturated rings. The van der Waals surface area contributed by atoms with Crippen LogP contribution in [-0.2, 0) is 11.2 Å². The van der Waals surface area contributed by atoms with Crippen LogP contribution in [0.1, 0.15) is 25.3 Å². The van der Waals surface area contributed by atoms with E-state index in [0.29, 0.717) is 37.6 Å². The van der Waals surface area contributed by atoms with Crippen LogP contribution in [0.2, 0.25) is 0 Å². The van der Waals surface area contributed by atoms with E-state index < -0.39 is 5.91 Å². The Morgan fingerprint density at radius 1 is 1.13 bits per heavy atom. The molecule has 0 spiro atoms. The molecule has 30 heavy (non-hydrogen) atoms. The molecule has 1 N–H and O–H groups in total. The van der Waals surface area contributed by atoms with Crippen LogP contribution in [0.25, 0.3) is 0 Å². The zero-order valence-electron chi connectivity index (χ0n) is 17.3. The van der Waals surface area contributed by atoms with Gasteiger partial charge in [0.05, 0.1) is 5.69 Å². The van der Waals surface area contributed by atoms with Gasteiger partial charge in [-0.15, -0.1) is 0 Å². The van der Waals surface area contributed by atoms with Crippen molar-refractivity contribution < 1.29 is 9.18 Å². The molecule has 3 rings (SSSR count). The predicted octanol–water partition coefficient (Wildman–Crippen LogP) is 4.34. The molecule has 1 aliphatic heterocycles. The largest absolute Gasteiger partial charge is 0.373 e. The van der Waals surface area contributed by atoms with Crippen molar-refractivity contribution in [3.8, 4) is 6.07 Å². The van der Waals surface area contributed by atoms with Gasteiger partial charge in [0, 0.05) is 38.1 Å². The monoisotopic (exact) mass is 406 g/mol. The van der Waals surface area contributed by atoms with E-state index in [9.17, 15) is 14.4 Å². The minimum atomic E-state index is -0.421. The summed E-state index contributed by atoms with van der Waals surface area (Å²) in [6.07, 6.45) is 4.90. The highest BCUT2D eigenvalue weighted by molar-refractivity contribution is 6.06. The number of anilines is 2. The first-order valence-corrected chi connectivity index (χ1v) is 10.4. The summed E-state index contributed by atoms with van der Waals surface area (Å²) in [7, 11) is 0. The predicted molar refractivity (Wildman–Crippen MR) is 118 cm³/mol. The molecule has 0 aliphatic carbocycles. The van der Waals surface area contributed by atoms with Gasteiger partial charge in [-0.25, -0.2) is 4.39 Å². The third-order valence-corrected chi connectivity index (χ3v) is 5.21. The topological polar surface area (TPSA) is 59.4 Å². The minimum Gasteiger partial charge on any atom is -0.373 e. The number of para-hydroxylation sites is 1. The van der Waals surface area contributed by atoms with E-state index in [1.165, 1.54) is 11.6 Å². The maximum atomic E-state index is 14.0. The van der Waals surface area contributed by atoms with Crippen LogP contribution in [0.5, 0.6) is 0 Å². The number of nitrogens with zero attached hydrogens (tertiary/aromatic N) is 3. The summed E-state index contributed by atoms with van der Waals surface area (Å²) in [5.41, 5.74) is 2.55. The lowest BCUT2D eigenvalue weighted by Crippen LogP contribution is -2.44. The van der Waals surface area contributed by atoms with Crippen molar-refractivity contribution in [3.05, 3.63) is 71.7 Å². The summed E-state index contributed by atoms with van der Waals surface area (Å²) in [5, 5.41) is 12.2. The van der Waals surface area contributed by atoms with Crippen LogP contribution >= 0.6 is 0 Å². The fourth-order valence-electron chi connectivity index (χ4n) is 3.46. The molecule has 1 heterocycles. The Hall–Kier alpha value is -3.33. The van der Waals surface area contributed by atoms with Crippen LogP contribution < -0.4 is 10.2 Å². The van der Waals surface area contributed by atoms with E-state index in [-0.39, 0.29) is 11.4 Å². The van der Waals surface area contributed by atoms with Gasteiger partial charge >= 0.3 is 0 Å². The van der Waals surface area contributed by atoms with Crippen molar-refractivity contribution in [1.29, 1.82) is 5.26 Å². The van der Waals surface area contributed by atoms with Crippen molar-refractivity contribution >= 4 is 17.3 Å². The zero-order chi connectivity index (χ0) is 21.3. The Balaban J connectivity index is 1.57. The first-order valence-electron chi connectivity index (χ1n) is 10.4. The standard InChI is InChI=1S/C24H27FN4O/c1-2-3-6-19-9-11-21(12-10-19)27-24(30)20(17-26)18-28-13-15-29(16-14-28)23-8-5-4-7-22(23)25/h4-5,7-12,18H,2-3,6,13-16H2,1H3,(H,27,30)/b20-18-. The molecular formula is C24H27FN4O. The molecule has 1 aliphatic rings. The molecule has 5 nitrogen and oxygen atoms in total. The van der Waals surface area contributed by atoms with Crippen molar-refractivity contribution in [2.75, 3.05) is 36.4 Å². The van der Waals surface area contributed by atoms with Crippen molar-refractivity contribution in [2.24, 2.45) is 0 Å². The smallest absolute Gasteiger partial charge is 0.267 e. The van der Waals surface area contributed by atoms with Gasteiger partial charge in [-0.05, 0) is 42.7 Å². The summed E-state index contributed by atoms with van der Waals surface area (Å²) < 4.78 is 14.0. The number of rotatable bonds is 7. The molecule has 1 saturated heterocycles.